The maximum Gasteiger partial charge on any atom is 0.354 e. The summed E-state index contributed by atoms with van der Waals surface area (Å²) in [5.41, 5.74) is 3.27. The molecule has 0 unspecified atom stereocenters. The Kier molecular flexibility index (Phi) is 5.79. The monoisotopic (exact) mass is 317 g/mol. The summed E-state index contributed by atoms with van der Waals surface area (Å²) in [5.74, 6) is -0.965. The average Bonchev–Trinajstić information content (AvgIpc) is 2.58. The number of hydrogen-bond acceptors (Lipinski definition) is 5. The number of ether oxygens (including phenoxy) is 2. The third-order valence-electron chi connectivity index (χ3n) is 4.19. The second-order valence-electron chi connectivity index (χ2n) is 5.60. The van der Waals surface area contributed by atoms with Gasteiger partial charge in [0.25, 0.3) is 0 Å². The van der Waals surface area contributed by atoms with Gasteiger partial charge in [-0.3, -0.25) is 0 Å². The lowest BCUT2D eigenvalue weighted by atomic mass is 9.95. The first-order valence-electron chi connectivity index (χ1n) is 7.76. The molecule has 0 bridgehead atoms. The van der Waals surface area contributed by atoms with Gasteiger partial charge in [-0.05, 0) is 36.8 Å². The molecule has 0 radical (unpaired) electrons. The lowest BCUT2D eigenvalue weighted by molar-refractivity contribution is -0.140. The molecule has 124 valence electrons. The lowest BCUT2D eigenvalue weighted by Crippen LogP contribution is -2.31. The topological polar surface area (TPSA) is 55.8 Å². The summed E-state index contributed by atoms with van der Waals surface area (Å²) in [6, 6.07) is 8.31. The SMILES string of the molecule is COC(=O)/C1=C(/C(=O)OC)N(C)CCc2ccccc2CCC1. The molecule has 2 rings (SSSR count). The van der Waals surface area contributed by atoms with Crippen molar-refractivity contribution in [3.8, 4) is 0 Å². The van der Waals surface area contributed by atoms with Crippen LogP contribution in [0.3, 0.4) is 0 Å². The van der Waals surface area contributed by atoms with Crippen molar-refractivity contribution in [2.24, 2.45) is 0 Å². The molecule has 5 heteroatoms. The minimum Gasteiger partial charge on any atom is -0.466 e. The average molecular weight is 317 g/mol. The number of carbonyl (C=O) groups is 2. The van der Waals surface area contributed by atoms with Crippen molar-refractivity contribution in [2.45, 2.75) is 25.7 Å². The van der Waals surface area contributed by atoms with Crippen molar-refractivity contribution in [3.63, 3.8) is 0 Å². The molecule has 0 saturated carbocycles. The molecule has 0 saturated heterocycles. The number of nitrogens with zero attached hydrogens (tertiary/aromatic N) is 1. The van der Waals surface area contributed by atoms with E-state index in [0.29, 0.717) is 24.2 Å². The third kappa shape index (κ3) is 3.92. The number of rotatable bonds is 2. The van der Waals surface area contributed by atoms with Crippen molar-refractivity contribution >= 4 is 11.9 Å². The number of aryl methyl sites for hydroxylation is 1. The summed E-state index contributed by atoms with van der Waals surface area (Å²) >= 11 is 0. The van der Waals surface area contributed by atoms with Gasteiger partial charge in [0.05, 0.1) is 19.8 Å². The van der Waals surface area contributed by atoms with Gasteiger partial charge in [-0.15, -0.1) is 0 Å². The van der Waals surface area contributed by atoms with E-state index in [9.17, 15) is 9.59 Å². The third-order valence-corrected chi connectivity index (χ3v) is 4.19. The zero-order valence-electron chi connectivity index (χ0n) is 13.9. The fourth-order valence-corrected chi connectivity index (χ4v) is 2.95. The van der Waals surface area contributed by atoms with Gasteiger partial charge in [0.2, 0.25) is 0 Å². The van der Waals surface area contributed by atoms with Gasteiger partial charge in [0, 0.05) is 13.6 Å². The van der Waals surface area contributed by atoms with Gasteiger partial charge < -0.3 is 14.4 Å². The van der Waals surface area contributed by atoms with Crippen molar-refractivity contribution in [3.05, 3.63) is 46.7 Å². The quantitative estimate of drug-likeness (QED) is 0.782. The summed E-state index contributed by atoms with van der Waals surface area (Å²) in [5, 5.41) is 0. The fraction of sp³-hybridized carbons (Fsp3) is 0.444. The molecule has 0 atom stereocenters. The number of esters is 2. The maximum absolute atomic E-state index is 12.2. The molecule has 1 aromatic carbocycles. The predicted octanol–water partition coefficient (Wildman–Crippen LogP) is 2.10. The molecule has 0 aromatic heterocycles. The molecular formula is C18H23NO4. The van der Waals surface area contributed by atoms with E-state index in [4.69, 9.17) is 9.47 Å². The Morgan fingerprint density at radius 1 is 0.957 bits per heavy atom. The van der Waals surface area contributed by atoms with E-state index in [2.05, 4.69) is 12.1 Å². The zero-order chi connectivity index (χ0) is 16.8. The van der Waals surface area contributed by atoms with Gasteiger partial charge in [0.15, 0.2) is 0 Å². The van der Waals surface area contributed by atoms with Crippen LogP contribution in [-0.2, 0) is 31.9 Å². The van der Waals surface area contributed by atoms with Crippen molar-refractivity contribution in [1.29, 1.82) is 0 Å². The molecule has 23 heavy (non-hydrogen) atoms. The standard InChI is InChI=1S/C18H23NO4/c1-19-12-11-14-8-5-4-7-13(14)9-6-10-15(17(20)22-2)16(19)18(21)23-3/h4-5,7-8H,6,9-12H2,1-3H3/b16-15-. The minimum atomic E-state index is -0.498. The first-order chi connectivity index (χ1) is 11.1. The summed E-state index contributed by atoms with van der Waals surface area (Å²) in [4.78, 5) is 26.1. The van der Waals surface area contributed by atoms with Crippen LogP contribution in [0.5, 0.6) is 0 Å². The van der Waals surface area contributed by atoms with Crippen LogP contribution in [0.25, 0.3) is 0 Å². The molecular weight excluding hydrogens is 294 g/mol. The Balaban J connectivity index is 2.40. The minimum absolute atomic E-state index is 0.304. The Morgan fingerprint density at radius 2 is 1.57 bits per heavy atom. The number of benzene rings is 1. The molecule has 0 spiro atoms. The van der Waals surface area contributed by atoms with Gasteiger partial charge in [-0.25, -0.2) is 9.59 Å². The number of methoxy groups -OCH3 is 2. The normalized spacial score (nSPS) is 18.8. The van der Waals surface area contributed by atoms with Crippen LogP contribution in [-0.4, -0.2) is 44.7 Å². The Bertz CT molecular complexity index is 621. The number of hydrogen-bond donors (Lipinski definition) is 0. The molecule has 5 nitrogen and oxygen atoms in total. The van der Waals surface area contributed by atoms with E-state index in [1.165, 1.54) is 25.3 Å². The first kappa shape index (κ1) is 17.1. The second kappa shape index (κ2) is 7.81. The molecule has 0 N–H and O–H groups in total. The summed E-state index contributed by atoms with van der Waals surface area (Å²) in [6.45, 7) is 0.627. The van der Waals surface area contributed by atoms with Crippen LogP contribution >= 0.6 is 0 Å². The molecule has 0 aliphatic carbocycles. The van der Waals surface area contributed by atoms with Gasteiger partial charge in [-0.2, -0.15) is 0 Å². The summed E-state index contributed by atoms with van der Waals surface area (Å²) in [6.07, 6.45) is 2.93. The summed E-state index contributed by atoms with van der Waals surface area (Å²) in [7, 11) is 4.46. The number of likely N-dealkylation sites (N-methyl/N-ethyl adjacent to an activating group) is 1. The lowest BCUT2D eigenvalue weighted by Gasteiger charge is -2.25. The van der Waals surface area contributed by atoms with E-state index < -0.39 is 11.9 Å². The molecule has 1 aliphatic rings. The maximum atomic E-state index is 12.2. The highest BCUT2D eigenvalue weighted by Crippen LogP contribution is 2.23. The molecule has 1 heterocycles. The Hall–Kier alpha value is -2.30. The van der Waals surface area contributed by atoms with Crippen LogP contribution in [0.1, 0.15) is 24.0 Å². The Labute approximate surface area is 136 Å². The van der Waals surface area contributed by atoms with E-state index in [1.54, 1.807) is 11.9 Å². The highest BCUT2D eigenvalue weighted by Gasteiger charge is 2.26. The second-order valence-corrected chi connectivity index (χ2v) is 5.60. The Morgan fingerprint density at radius 3 is 2.17 bits per heavy atom. The van der Waals surface area contributed by atoms with Crippen LogP contribution in [0.2, 0.25) is 0 Å². The molecule has 1 aliphatic heterocycles. The molecule has 0 amide bonds. The van der Waals surface area contributed by atoms with Crippen LogP contribution in [0.15, 0.2) is 35.5 Å². The van der Waals surface area contributed by atoms with Crippen molar-refractivity contribution < 1.29 is 19.1 Å². The van der Waals surface area contributed by atoms with Gasteiger partial charge in [0.1, 0.15) is 5.70 Å². The van der Waals surface area contributed by atoms with E-state index >= 15 is 0 Å². The van der Waals surface area contributed by atoms with Crippen molar-refractivity contribution in [1.82, 2.24) is 4.90 Å². The zero-order valence-corrected chi connectivity index (χ0v) is 13.9. The highest BCUT2D eigenvalue weighted by atomic mass is 16.5. The largest absolute Gasteiger partial charge is 0.466 e. The van der Waals surface area contributed by atoms with Crippen molar-refractivity contribution in [2.75, 3.05) is 27.8 Å². The highest BCUT2D eigenvalue weighted by molar-refractivity contribution is 5.99. The van der Waals surface area contributed by atoms with Crippen LogP contribution < -0.4 is 0 Å². The predicted molar refractivity (Wildman–Crippen MR) is 86.8 cm³/mol. The first-order valence-corrected chi connectivity index (χ1v) is 7.76. The fourth-order valence-electron chi connectivity index (χ4n) is 2.95. The van der Waals surface area contributed by atoms with E-state index in [1.807, 2.05) is 12.1 Å². The van der Waals surface area contributed by atoms with E-state index in [-0.39, 0.29) is 0 Å². The number of fused-ring (bicyclic) bond motifs is 1. The van der Waals surface area contributed by atoms with Crippen LogP contribution in [0.4, 0.5) is 0 Å². The smallest absolute Gasteiger partial charge is 0.354 e. The number of carbonyl (C=O) groups excluding carboxylic acids is 2. The summed E-state index contributed by atoms with van der Waals surface area (Å²) < 4.78 is 9.75. The van der Waals surface area contributed by atoms with Gasteiger partial charge in [-0.1, -0.05) is 24.3 Å². The van der Waals surface area contributed by atoms with Gasteiger partial charge >= 0.3 is 11.9 Å². The van der Waals surface area contributed by atoms with Crippen LogP contribution in [0, 0.1) is 0 Å². The van der Waals surface area contributed by atoms with E-state index in [0.717, 1.165) is 19.3 Å². The molecule has 0 fully saturated rings. The molecule has 1 aromatic rings.